The molecule has 0 radical (unpaired) electrons. The molecule has 2 rings (SSSR count). The van der Waals surface area contributed by atoms with Gasteiger partial charge in [-0.05, 0) is 51.3 Å². The van der Waals surface area contributed by atoms with Gasteiger partial charge < -0.3 is 14.5 Å². The summed E-state index contributed by atoms with van der Waals surface area (Å²) in [5.74, 6) is 1.05. The highest BCUT2D eigenvalue weighted by atomic mass is 16.5. The molecule has 1 aliphatic rings. The number of aryl methyl sites for hydroxylation is 1. The van der Waals surface area contributed by atoms with Crippen LogP contribution < -0.4 is 5.32 Å². The van der Waals surface area contributed by atoms with Crippen molar-refractivity contribution < 1.29 is 9.15 Å². The first-order valence-corrected chi connectivity index (χ1v) is 6.16. The predicted molar refractivity (Wildman–Crippen MR) is 63.5 cm³/mol. The number of furan rings is 1. The van der Waals surface area contributed by atoms with Crippen LogP contribution in [0.4, 0.5) is 0 Å². The number of hydrogen-bond donors (Lipinski definition) is 1. The van der Waals surface area contributed by atoms with Gasteiger partial charge in [0.2, 0.25) is 0 Å². The van der Waals surface area contributed by atoms with Gasteiger partial charge in [-0.2, -0.15) is 0 Å². The van der Waals surface area contributed by atoms with Crippen molar-refractivity contribution in [2.24, 2.45) is 0 Å². The predicted octanol–water partition coefficient (Wildman–Crippen LogP) is 2.81. The van der Waals surface area contributed by atoms with Crippen LogP contribution in [0.2, 0.25) is 0 Å². The molecule has 3 nitrogen and oxygen atoms in total. The van der Waals surface area contributed by atoms with Crippen molar-refractivity contribution >= 4 is 0 Å². The van der Waals surface area contributed by atoms with Crippen LogP contribution in [0.5, 0.6) is 0 Å². The molecule has 1 fully saturated rings. The topological polar surface area (TPSA) is 34.4 Å². The van der Waals surface area contributed by atoms with Crippen molar-refractivity contribution in [1.29, 1.82) is 0 Å². The minimum absolute atomic E-state index is 0.288. The molecule has 1 aliphatic heterocycles. The summed E-state index contributed by atoms with van der Waals surface area (Å²) in [5.41, 5.74) is 1.22. The highest BCUT2D eigenvalue weighted by molar-refractivity contribution is 5.17. The minimum atomic E-state index is 0.288. The zero-order chi connectivity index (χ0) is 11.4. The maximum atomic E-state index is 5.59. The molecular formula is C13H21NO2. The normalized spacial score (nSPS) is 22.5. The zero-order valence-corrected chi connectivity index (χ0v) is 10.2. The summed E-state index contributed by atoms with van der Waals surface area (Å²) in [7, 11) is 0. The molecule has 16 heavy (non-hydrogen) atoms. The summed E-state index contributed by atoms with van der Waals surface area (Å²) < 4.78 is 11.0. The first kappa shape index (κ1) is 11.7. The fourth-order valence-electron chi connectivity index (χ4n) is 2.25. The first-order valence-electron chi connectivity index (χ1n) is 6.16. The summed E-state index contributed by atoms with van der Waals surface area (Å²) in [6.07, 6.45) is 5.76. The SMILES string of the molecule is Cc1ccoc1[C@@H](C)NCC[C@@H]1CCCO1. The Morgan fingerprint density at radius 2 is 2.44 bits per heavy atom. The molecule has 2 heterocycles. The van der Waals surface area contributed by atoms with Gasteiger partial charge in [0, 0.05) is 6.61 Å². The van der Waals surface area contributed by atoms with Crippen LogP contribution in [0.25, 0.3) is 0 Å². The Morgan fingerprint density at radius 1 is 1.56 bits per heavy atom. The van der Waals surface area contributed by atoms with E-state index < -0.39 is 0 Å². The highest BCUT2D eigenvalue weighted by Gasteiger charge is 2.16. The van der Waals surface area contributed by atoms with Gasteiger partial charge in [0.25, 0.3) is 0 Å². The van der Waals surface area contributed by atoms with Crippen LogP contribution in [0.3, 0.4) is 0 Å². The van der Waals surface area contributed by atoms with Gasteiger partial charge >= 0.3 is 0 Å². The molecule has 0 bridgehead atoms. The standard InChI is InChI=1S/C13H21NO2/c1-10-6-9-16-13(10)11(2)14-7-5-12-4-3-8-15-12/h6,9,11-12,14H,3-5,7-8H2,1-2H3/t11-,12+/m1/s1. The van der Waals surface area contributed by atoms with Gasteiger partial charge in [0.05, 0.1) is 18.4 Å². The largest absolute Gasteiger partial charge is 0.467 e. The third kappa shape index (κ3) is 2.86. The summed E-state index contributed by atoms with van der Waals surface area (Å²) in [4.78, 5) is 0. The van der Waals surface area contributed by atoms with E-state index in [9.17, 15) is 0 Å². The average molecular weight is 223 g/mol. The van der Waals surface area contributed by atoms with Gasteiger partial charge in [-0.3, -0.25) is 0 Å². The molecule has 0 saturated carbocycles. The van der Waals surface area contributed by atoms with Crippen LogP contribution in [-0.4, -0.2) is 19.3 Å². The monoisotopic (exact) mass is 223 g/mol. The second-order valence-electron chi connectivity index (χ2n) is 4.57. The third-order valence-electron chi connectivity index (χ3n) is 3.24. The van der Waals surface area contributed by atoms with E-state index in [1.54, 1.807) is 6.26 Å². The van der Waals surface area contributed by atoms with Crippen LogP contribution in [0.1, 0.15) is 43.6 Å². The maximum Gasteiger partial charge on any atom is 0.123 e. The fourth-order valence-corrected chi connectivity index (χ4v) is 2.25. The molecule has 2 atom stereocenters. The van der Waals surface area contributed by atoms with Gasteiger partial charge in [0.15, 0.2) is 0 Å². The summed E-state index contributed by atoms with van der Waals surface area (Å²) in [6, 6.07) is 2.30. The molecule has 90 valence electrons. The van der Waals surface area contributed by atoms with Crippen LogP contribution in [0.15, 0.2) is 16.7 Å². The first-order chi connectivity index (χ1) is 7.77. The molecule has 1 saturated heterocycles. The highest BCUT2D eigenvalue weighted by Crippen LogP contribution is 2.19. The lowest BCUT2D eigenvalue weighted by molar-refractivity contribution is 0.103. The van der Waals surface area contributed by atoms with E-state index >= 15 is 0 Å². The van der Waals surface area contributed by atoms with Crippen LogP contribution in [0, 0.1) is 6.92 Å². The Hall–Kier alpha value is -0.800. The lowest BCUT2D eigenvalue weighted by Gasteiger charge is -2.14. The lowest BCUT2D eigenvalue weighted by atomic mass is 10.1. The van der Waals surface area contributed by atoms with E-state index in [1.807, 2.05) is 6.07 Å². The molecule has 3 heteroatoms. The Bertz CT molecular complexity index is 315. The third-order valence-corrected chi connectivity index (χ3v) is 3.24. The fraction of sp³-hybridized carbons (Fsp3) is 0.692. The number of hydrogen-bond acceptors (Lipinski definition) is 3. The molecule has 0 amide bonds. The van der Waals surface area contributed by atoms with Crippen LogP contribution in [-0.2, 0) is 4.74 Å². The molecule has 0 aliphatic carbocycles. The quantitative estimate of drug-likeness (QED) is 0.833. The number of ether oxygens (including phenoxy) is 1. The van der Waals surface area contributed by atoms with E-state index in [2.05, 4.69) is 19.2 Å². The van der Waals surface area contributed by atoms with Crippen molar-refractivity contribution in [2.45, 2.75) is 45.3 Å². The van der Waals surface area contributed by atoms with E-state index in [0.29, 0.717) is 6.10 Å². The lowest BCUT2D eigenvalue weighted by Crippen LogP contribution is -2.23. The van der Waals surface area contributed by atoms with Gasteiger partial charge in [-0.25, -0.2) is 0 Å². The molecule has 1 aromatic rings. The Morgan fingerprint density at radius 3 is 3.06 bits per heavy atom. The van der Waals surface area contributed by atoms with Crippen molar-refractivity contribution in [3.05, 3.63) is 23.7 Å². The van der Waals surface area contributed by atoms with Crippen LogP contribution >= 0.6 is 0 Å². The Kier molecular flexibility index (Phi) is 4.02. The smallest absolute Gasteiger partial charge is 0.123 e. The summed E-state index contributed by atoms with van der Waals surface area (Å²) in [5, 5.41) is 3.48. The second kappa shape index (κ2) is 5.51. The van der Waals surface area contributed by atoms with E-state index in [1.165, 1.54) is 18.4 Å². The molecule has 1 aromatic heterocycles. The van der Waals surface area contributed by atoms with Gasteiger partial charge in [0.1, 0.15) is 5.76 Å². The van der Waals surface area contributed by atoms with Gasteiger partial charge in [-0.1, -0.05) is 0 Å². The van der Waals surface area contributed by atoms with Crippen molar-refractivity contribution in [2.75, 3.05) is 13.2 Å². The Labute approximate surface area is 97.2 Å². The van der Waals surface area contributed by atoms with Crippen molar-refractivity contribution in [3.63, 3.8) is 0 Å². The Balaban J connectivity index is 1.71. The van der Waals surface area contributed by atoms with Crippen molar-refractivity contribution in [1.82, 2.24) is 5.32 Å². The van der Waals surface area contributed by atoms with E-state index in [-0.39, 0.29) is 6.04 Å². The molecule has 1 N–H and O–H groups in total. The minimum Gasteiger partial charge on any atom is -0.467 e. The van der Waals surface area contributed by atoms with Gasteiger partial charge in [-0.15, -0.1) is 0 Å². The van der Waals surface area contributed by atoms with E-state index in [4.69, 9.17) is 9.15 Å². The zero-order valence-electron chi connectivity index (χ0n) is 10.2. The molecule has 0 spiro atoms. The average Bonchev–Trinajstić information content (AvgIpc) is 2.88. The van der Waals surface area contributed by atoms with Crippen molar-refractivity contribution in [3.8, 4) is 0 Å². The second-order valence-corrected chi connectivity index (χ2v) is 4.57. The number of rotatable bonds is 5. The number of nitrogens with one attached hydrogen (secondary N) is 1. The van der Waals surface area contributed by atoms with E-state index in [0.717, 1.165) is 25.3 Å². The summed E-state index contributed by atoms with van der Waals surface area (Å²) >= 11 is 0. The molecule has 0 unspecified atom stereocenters. The summed E-state index contributed by atoms with van der Waals surface area (Å²) in [6.45, 7) is 6.15. The molecular weight excluding hydrogens is 202 g/mol. The molecule has 0 aromatic carbocycles. The maximum absolute atomic E-state index is 5.59.